The van der Waals surface area contributed by atoms with Crippen LogP contribution in [0.2, 0.25) is 0 Å². The van der Waals surface area contributed by atoms with Crippen LogP contribution in [-0.4, -0.2) is 25.8 Å². The van der Waals surface area contributed by atoms with Gasteiger partial charge in [-0.2, -0.15) is 5.10 Å². The molecule has 0 saturated carbocycles. The summed E-state index contributed by atoms with van der Waals surface area (Å²) >= 11 is 1.85. The molecule has 0 aliphatic carbocycles. The smallest absolute Gasteiger partial charge is 0.261 e. The Morgan fingerprint density at radius 2 is 2.04 bits per heavy atom. The summed E-state index contributed by atoms with van der Waals surface area (Å²) in [5, 5.41) is 7.86. The minimum Gasteiger partial charge on any atom is -0.322 e. The van der Waals surface area contributed by atoms with E-state index in [2.05, 4.69) is 41.4 Å². The summed E-state index contributed by atoms with van der Waals surface area (Å²) in [6, 6.07) is 8.09. The first kappa shape index (κ1) is 18.5. The summed E-state index contributed by atoms with van der Waals surface area (Å²) in [5.74, 6) is -0.192. The third kappa shape index (κ3) is 3.75. The maximum absolute atomic E-state index is 12.8. The molecule has 0 aliphatic rings. The molecule has 26 heavy (non-hydrogen) atoms. The van der Waals surface area contributed by atoms with Gasteiger partial charge in [-0.1, -0.05) is 13.8 Å². The fraction of sp³-hybridized carbons (Fsp3) is 0.350. The molecule has 1 amide bonds. The number of nitrogens with one attached hydrogen (secondary N) is 1. The topological polar surface area (TPSA) is 59.3 Å². The molecule has 1 atom stereocenters. The SMILES string of the molecule is CCC(C)Sc1ccc(NC(=O)c2cnn3c(C)cc(C)nc23)c(C)c1. The van der Waals surface area contributed by atoms with E-state index < -0.39 is 0 Å². The van der Waals surface area contributed by atoms with Crippen LogP contribution >= 0.6 is 11.8 Å². The average Bonchev–Trinajstić information content (AvgIpc) is 3.01. The van der Waals surface area contributed by atoms with Gasteiger partial charge in [-0.05, 0) is 57.0 Å². The molecule has 0 saturated heterocycles. The maximum atomic E-state index is 12.8. The summed E-state index contributed by atoms with van der Waals surface area (Å²) in [5.41, 5.74) is 4.74. The number of carbonyl (C=O) groups is 1. The lowest BCUT2D eigenvalue weighted by atomic mass is 10.2. The third-order valence-corrected chi connectivity index (χ3v) is 5.64. The summed E-state index contributed by atoms with van der Waals surface area (Å²) in [6.45, 7) is 10.3. The zero-order valence-corrected chi connectivity index (χ0v) is 16.6. The van der Waals surface area contributed by atoms with Gasteiger partial charge in [0.15, 0.2) is 5.65 Å². The highest BCUT2D eigenvalue weighted by atomic mass is 32.2. The second-order valence-electron chi connectivity index (χ2n) is 6.60. The number of thioether (sulfide) groups is 1. The third-order valence-electron chi connectivity index (χ3n) is 4.38. The molecule has 2 aromatic heterocycles. The van der Waals surface area contributed by atoms with Gasteiger partial charge >= 0.3 is 0 Å². The minimum absolute atomic E-state index is 0.192. The Hall–Kier alpha value is -2.34. The Morgan fingerprint density at radius 3 is 2.73 bits per heavy atom. The molecule has 1 N–H and O–H groups in total. The van der Waals surface area contributed by atoms with Crippen LogP contribution in [0.1, 0.15) is 47.6 Å². The number of nitrogens with zero attached hydrogens (tertiary/aromatic N) is 3. The zero-order valence-electron chi connectivity index (χ0n) is 15.8. The summed E-state index contributed by atoms with van der Waals surface area (Å²) in [6.07, 6.45) is 2.70. The van der Waals surface area contributed by atoms with Gasteiger partial charge in [0.05, 0.1) is 6.20 Å². The van der Waals surface area contributed by atoms with Crippen molar-refractivity contribution in [2.24, 2.45) is 0 Å². The monoisotopic (exact) mass is 368 g/mol. The molecule has 1 unspecified atom stereocenters. The lowest BCUT2D eigenvalue weighted by molar-refractivity contribution is 0.102. The van der Waals surface area contributed by atoms with Crippen molar-refractivity contribution in [3.8, 4) is 0 Å². The van der Waals surface area contributed by atoms with Crippen molar-refractivity contribution in [2.75, 3.05) is 5.32 Å². The van der Waals surface area contributed by atoms with Crippen molar-refractivity contribution in [3.05, 3.63) is 53.0 Å². The molecular formula is C20H24N4OS. The standard InChI is InChI=1S/C20H24N4OS/c1-6-15(5)26-16-7-8-18(12(2)9-16)23-20(25)17-11-21-24-14(4)10-13(3)22-19(17)24/h7-11,15H,6H2,1-5H3,(H,23,25). The first-order valence-corrected chi connectivity index (χ1v) is 9.67. The van der Waals surface area contributed by atoms with E-state index >= 15 is 0 Å². The number of carbonyl (C=O) groups excluding carboxylic acids is 1. The van der Waals surface area contributed by atoms with Crippen molar-refractivity contribution in [1.29, 1.82) is 0 Å². The number of aryl methyl sites for hydroxylation is 3. The lowest BCUT2D eigenvalue weighted by Gasteiger charge is -2.12. The van der Waals surface area contributed by atoms with Crippen molar-refractivity contribution in [2.45, 2.75) is 51.2 Å². The molecule has 0 radical (unpaired) electrons. The Balaban J connectivity index is 1.84. The van der Waals surface area contributed by atoms with Gasteiger partial charge in [0.25, 0.3) is 5.91 Å². The Bertz CT molecular complexity index is 964. The zero-order chi connectivity index (χ0) is 18.8. The van der Waals surface area contributed by atoms with Gasteiger partial charge in [0.2, 0.25) is 0 Å². The largest absolute Gasteiger partial charge is 0.322 e. The van der Waals surface area contributed by atoms with E-state index in [1.54, 1.807) is 10.7 Å². The highest BCUT2D eigenvalue weighted by Crippen LogP contribution is 2.28. The number of benzene rings is 1. The quantitative estimate of drug-likeness (QED) is 0.657. The number of anilines is 1. The molecule has 0 aliphatic heterocycles. The van der Waals surface area contributed by atoms with E-state index in [-0.39, 0.29) is 5.91 Å². The molecule has 0 fully saturated rings. The van der Waals surface area contributed by atoms with E-state index in [0.29, 0.717) is 16.5 Å². The number of amides is 1. The normalized spacial score (nSPS) is 12.3. The highest BCUT2D eigenvalue weighted by molar-refractivity contribution is 7.99. The number of fused-ring (bicyclic) bond motifs is 1. The predicted octanol–water partition coefficient (Wildman–Crippen LogP) is 4.80. The first-order chi connectivity index (χ1) is 12.4. The number of hydrogen-bond donors (Lipinski definition) is 1. The molecule has 2 heterocycles. The van der Waals surface area contributed by atoms with Crippen molar-refractivity contribution in [3.63, 3.8) is 0 Å². The van der Waals surface area contributed by atoms with Gasteiger partial charge in [-0.25, -0.2) is 9.50 Å². The average molecular weight is 369 g/mol. The van der Waals surface area contributed by atoms with Gasteiger partial charge < -0.3 is 5.32 Å². The predicted molar refractivity (Wildman–Crippen MR) is 107 cm³/mol. The van der Waals surface area contributed by atoms with E-state index in [4.69, 9.17) is 0 Å². The van der Waals surface area contributed by atoms with Crippen LogP contribution in [0.4, 0.5) is 5.69 Å². The van der Waals surface area contributed by atoms with E-state index in [1.807, 2.05) is 44.7 Å². The molecule has 6 heteroatoms. The van der Waals surface area contributed by atoms with Crippen LogP contribution in [0.15, 0.2) is 35.4 Å². The number of hydrogen-bond acceptors (Lipinski definition) is 4. The van der Waals surface area contributed by atoms with Crippen LogP contribution in [0.5, 0.6) is 0 Å². The summed E-state index contributed by atoms with van der Waals surface area (Å²) in [7, 11) is 0. The van der Waals surface area contributed by atoms with Crippen LogP contribution in [-0.2, 0) is 0 Å². The molecule has 3 aromatic rings. The van der Waals surface area contributed by atoms with Crippen LogP contribution in [0.25, 0.3) is 5.65 Å². The van der Waals surface area contributed by atoms with E-state index in [0.717, 1.165) is 29.1 Å². The molecule has 5 nitrogen and oxygen atoms in total. The van der Waals surface area contributed by atoms with Gasteiger partial charge in [-0.3, -0.25) is 4.79 Å². The minimum atomic E-state index is -0.192. The van der Waals surface area contributed by atoms with Crippen LogP contribution in [0.3, 0.4) is 0 Å². The molecule has 0 spiro atoms. The van der Waals surface area contributed by atoms with Gasteiger partial charge in [-0.15, -0.1) is 11.8 Å². The van der Waals surface area contributed by atoms with E-state index in [1.165, 1.54) is 4.90 Å². The molecule has 3 rings (SSSR count). The summed E-state index contributed by atoms with van der Waals surface area (Å²) in [4.78, 5) is 18.5. The Morgan fingerprint density at radius 1 is 1.27 bits per heavy atom. The van der Waals surface area contributed by atoms with Gasteiger partial charge in [0.1, 0.15) is 5.56 Å². The number of rotatable bonds is 5. The fourth-order valence-corrected chi connectivity index (χ4v) is 3.81. The Kier molecular flexibility index (Phi) is 5.32. The molecular weight excluding hydrogens is 344 g/mol. The Labute approximate surface area is 158 Å². The van der Waals surface area contributed by atoms with Crippen molar-refractivity contribution >= 4 is 29.0 Å². The molecule has 136 valence electrons. The van der Waals surface area contributed by atoms with Gasteiger partial charge in [0, 0.05) is 27.2 Å². The first-order valence-electron chi connectivity index (χ1n) is 8.79. The highest BCUT2D eigenvalue weighted by Gasteiger charge is 2.16. The van der Waals surface area contributed by atoms with E-state index in [9.17, 15) is 4.79 Å². The number of aromatic nitrogens is 3. The molecule has 1 aromatic carbocycles. The molecule has 0 bridgehead atoms. The fourth-order valence-electron chi connectivity index (χ4n) is 2.79. The van der Waals surface area contributed by atoms with Crippen LogP contribution in [0, 0.1) is 20.8 Å². The lowest BCUT2D eigenvalue weighted by Crippen LogP contribution is -2.13. The van der Waals surface area contributed by atoms with Crippen molar-refractivity contribution in [1.82, 2.24) is 14.6 Å². The second-order valence-corrected chi connectivity index (χ2v) is 8.11. The summed E-state index contributed by atoms with van der Waals surface area (Å²) < 4.78 is 1.70. The maximum Gasteiger partial charge on any atom is 0.261 e. The van der Waals surface area contributed by atoms with Crippen LogP contribution < -0.4 is 5.32 Å². The second kappa shape index (κ2) is 7.50. The van der Waals surface area contributed by atoms with Crippen molar-refractivity contribution < 1.29 is 4.79 Å².